The number of hydrazone groups is 1. The molecule has 1 saturated carbocycles. The topological polar surface area (TPSA) is 167 Å². The molecule has 1 aromatic carbocycles. The summed E-state index contributed by atoms with van der Waals surface area (Å²) in [5, 5.41) is 17.6. The van der Waals surface area contributed by atoms with E-state index >= 15 is 0 Å². The van der Waals surface area contributed by atoms with Crippen LogP contribution < -0.4 is 27.5 Å². The number of anilines is 4. The van der Waals surface area contributed by atoms with Crippen LogP contribution in [0.4, 0.5) is 23.1 Å². The standard InChI is InChI=1S/C19H24ClN9O/c20-13-6-5-11(9-16(13)29-25-8-7-21)26-18-12(17(23)30)10-24-19(28-18)27-15-4-2-1-3-14(15)22/h5-10,14-15,21,29H,1-4,22H2,(H2,23,30)(H2,24,26,27,28)/b21-7?,25-8-/t14-,15+/m0/s1. The molecule has 1 aliphatic carbocycles. The number of nitrogens with one attached hydrogen (secondary N) is 4. The third-order valence-electron chi connectivity index (χ3n) is 4.75. The van der Waals surface area contributed by atoms with E-state index in [1.165, 1.54) is 12.4 Å². The molecule has 1 amide bonds. The van der Waals surface area contributed by atoms with Crippen molar-refractivity contribution in [2.24, 2.45) is 16.6 Å². The largest absolute Gasteiger partial charge is 0.365 e. The van der Waals surface area contributed by atoms with E-state index in [1.807, 2.05) is 0 Å². The molecule has 158 valence electrons. The lowest BCUT2D eigenvalue weighted by molar-refractivity contribution is 0.100. The number of amides is 1. The van der Waals surface area contributed by atoms with Crippen LogP contribution in [0.15, 0.2) is 29.5 Å². The van der Waals surface area contributed by atoms with Crippen molar-refractivity contribution in [1.29, 1.82) is 5.41 Å². The molecule has 2 atom stereocenters. The molecule has 0 unspecified atom stereocenters. The summed E-state index contributed by atoms with van der Waals surface area (Å²) in [7, 11) is 0. The Balaban J connectivity index is 1.84. The molecule has 0 radical (unpaired) electrons. The van der Waals surface area contributed by atoms with Crippen LogP contribution in [0.1, 0.15) is 36.0 Å². The molecule has 1 heterocycles. The molecular formula is C19H24ClN9O. The van der Waals surface area contributed by atoms with E-state index in [9.17, 15) is 4.79 Å². The van der Waals surface area contributed by atoms with E-state index in [0.717, 1.165) is 31.9 Å². The zero-order valence-corrected chi connectivity index (χ0v) is 17.0. The zero-order chi connectivity index (χ0) is 21.5. The summed E-state index contributed by atoms with van der Waals surface area (Å²) >= 11 is 6.16. The van der Waals surface area contributed by atoms with Crippen LogP contribution in [-0.4, -0.2) is 40.4 Å². The van der Waals surface area contributed by atoms with Gasteiger partial charge in [0.2, 0.25) is 5.95 Å². The highest BCUT2D eigenvalue weighted by atomic mass is 35.5. The number of rotatable bonds is 8. The van der Waals surface area contributed by atoms with Crippen LogP contribution in [0.3, 0.4) is 0 Å². The van der Waals surface area contributed by atoms with Gasteiger partial charge < -0.3 is 27.5 Å². The Kier molecular flexibility index (Phi) is 7.15. The van der Waals surface area contributed by atoms with Gasteiger partial charge in [-0.05, 0) is 31.0 Å². The van der Waals surface area contributed by atoms with E-state index < -0.39 is 5.91 Å². The molecule has 2 aromatic rings. The van der Waals surface area contributed by atoms with Crippen molar-refractivity contribution in [1.82, 2.24) is 9.97 Å². The fourth-order valence-corrected chi connectivity index (χ4v) is 3.36. The monoisotopic (exact) mass is 429 g/mol. The molecular weight excluding hydrogens is 406 g/mol. The number of hydrogen-bond acceptors (Lipinski definition) is 9. The second kappa shape index (κ2) is 9.99. The highest BCUT2D eigenvalue weighted by Crippen LogP contribution is 2.28. The van der Waals surface area contributed by atoms with Crippen LogP contribution in [0.2, 0.25) is 5.02 Å². The van der Waals surface area contributed by atoms with Crippen molar-refractivity contribution >= 4 is 53.1 Å². The van der Waals surface area contributed by atoms with Gasteiger partial charge in [0.25, 0.3) is 5.91 Å². The van der Waals surface area contributed by atoms with Gasteiger partial charge in [-0.1, -0.05) is 24.4 Å². The van der Waals surface area contributed by atoms with E-state index in [-0.39, 0.29) is 23.5 Å². The predicted octanol–water partition coefficient (Wildman–Crippen LogP) is 2.70. The second-order valence-corrected chi connectivity index (χ2v) is 7.30. The zero-order valence-electron chi connectivity index (χ0n) is 16.2. The van der Waals surface area contributed by atoms with Crippen molar-refractivity contribution in [3.63, 3.8) is 0 Å². The third-order valence-corrected chi connectivity index (χ3v) is 5.08. The Morgan fingerprint density at radius 3 is 2.87 bits per heavy atom. The van der Waals surface area contributed by atoms with Crippen LogP contribution >= 0.6 is 11.6 Å². The van der Waals surface area contributed by atoms with Crippen molar-refractivity contribution in [3.8, 4) is 0 Å². The molecule has 0 aliphatic heterocycles. The van der Waals surface area contributed by atoms with Gasteiger partial charge in [-0.3, -0.25) is 10.2 Å². The summed E-state index contributed by atoms with van der Waals surface area (Å²) in [6, 6.07) is 5.19. The van der Waals surface area contributed by atoms with E-state index in [1.54, 1.807) is 18.2 Å². The average Bonchev–Trinajstić information content (AvgIpc) is 2.72. The lowest BCUT2D eigenvalue weighted by Crippen LogP contribution is -2.43. The van der Waals surface area contributed by atoms with Crippen LogP contribution in [-0.2, 0) is 0 Å². The maximum atomic E-state index is 11.8. The molecule has 1 aromatic heterocycles. The van der Waals surface area contributed by atoms with E-state index in [2.05, 4.69) is 31.1 Å². The molecule has 8 N–H and O–H groups in total. The van der Waals surface area contributed by atoms with Gasteiger partial charge >= 0.3 is 0 Å². The molecule has 0 saturated heterocycles. The summed E-state index contributed by atoms with van der Waals surface area (Å²) in [4.78, 5) is 20.5. The number of carbonyl (C=O) groups is 1. The summed E-state index contributed by atoms with van der Waals surface area (Å²) in [6.45, 7) is 0. The van der Waals surface area contributed by atoms with E-state index in [4.69, 9.17) is 28.5 Å². The van der Waals surface area contributed by atoms with Gasteiger partial charge in [0, 0.05) is 30.2 Å². The van der Waals surface area contributed by atoms with Crippen molar-refractivity contribution in [2.75, 3.05) is 16.1 Å². The van der Waals surface area contributed by atoms with Crippen LogP contribution in [0, 0.1) is 5.41 Å². The molecule has 3 rings (SSSR count). The lowest BCUT2D eigenvalue weighted by atomic mass is 9.91. The highest BCUT2D eigenvalue weighted by molar-refractivity contribution is 6.33. The minimum atomic E-state index is -0.652. The minimum absolute atomic E-state index is 0.0287. The SMILES string of the molecule is N=C/C=N\Nc1cc(Nc2nc(N[C@@H]3CCCC[C@@H]3N)ncc2C(N)=O)ccc1Cl. The smallest absolute Gasteiger partial charge is 0.254 e. The van der Waals surface area contributed by atoms with Gasteiger partial charge in [-0.25, -0.2) is 4.98 Å². The number of hydrogen-bond donors (Lipinski definition) is 6. The number of aromatic nitrogens is 2. The Morgan fingerprint density at radius 2 is 2.13 bits per heavy atom. The Morgan fingerprint density at radius 1 is 1.33 bits per heavy atom. The Bertz CT molecular complexity index is 950. The predicted molar refractivity (Wildman–Crippen MR) is 120 cm³/mol. The minimum Gasteiger partial charge on any atom is -0.365 e. The Hall–Kier alpha value is -3.24. The molecule has 11 heteroatoms. The molecule has 0 bridgehead atoms. The van der Waals surface area contributed by atoms with Gasteiger partial charge in [0.15, 0.2) is 0 Å². The maximum Gasteiger partial charge on any atom is 0.254 e. The Labute approximate surface area is 179 Å². The quantitative estimate of drug-likeness (QED) is 0.277. The summed E-state index contributed by atoms with van der Waals surface area (Å²) in [5.74, 6) is -0.0188. The van der Waals surface area contributed by atoms with E-state index in [0.29, 0.717) is 22.3 Å². The number of primary amides is 1. The van der Waals surface area contributed by atoms with Crippen LogP contribution in [0.25, 0.3) is 0 Å². The molecule has 0 spiro atoms. The maximum absolute atomic E-state index is 11.8. The number of carbonyl (C=O) groups excluding carboxylic acids is 1. The summed E-state index contributed by atoms with van der Waals surface area (Å²) in [5.41, 5.74) is 15.7. The van der Waals surface area contributed by atoms with Crippen molar-refractivity contribution in [2.45, 2.75) is 37.8 Å². The number of nitrogens with two attached hydrogens (primary N) is 2. The molecule has 30 heavy (non-hydrogen) atoms. The fourth-order valence-electron chi connectivity index (χ4n) is 3.20. The first-order chi connectivity index (χ1) is 14.5. The van der Waals surface area contributed by atoms with Crippen molar-refractivity contribution in [3.05, 3.63) is 35.0 Å². The van der Waals surface area contributed by atoms with Gasteiger partial charge in [-0.15, -0.1) is 0 Å². The first kappa shape index (κ1) is 21.5. The average molecular weight is 430 g/mol. The van der Waals surface area contributed by atoms with Gasteiger partial charge in [0.1, 0.15) is 11.4 Å². The lowest BCUT2D eigenvalue weighted by Gasteiger charge is -2.29. The second-order valence-electron chi connectivity index (χ2n) is 6.90. The van der Waals surface area contributed by atoms with Crippen molar-refractivity contribution < 1.29 is 4.79 Å². The summed E-state index contributed by atoms with van der Waals surface area (Å²) in [6.07, 6.45) is 7.80. The molecule has 1 aliphatic rings. The van der Waals surface area contributed by atoms with Gasteiger partial charge in [-0.2, -0.15) is 10.1 Å². The number of benzene rings is 1. The fraction of sp³-hybridized carbons (Fsp3) is 0.316. The summed E-state index contributed by atoms with van der Waals surface area (Å²) < 4.78 is 0. The number of halogens is 1. The van der Waals surface area contributed by atoms with Gasteiger partial charge in [0.05, 0.1) is 16.9 Å². The highest BCUT2D eigenvalue weighted by Gasteiger charge is 2.23. The normalized spacial score (nSPS) is 18.7. The third kappa shape index (κ3) is 5.43. The first-order valence-electron chi connectivity index (χ1n) is 9.51. The number of nitrogens with zero attached hydrogens (tertiary/aromatic N) is 3. The van der Waals surface area contributed by atoms with Crippen LogP contribution in [0.5, 0.6) is 0 Å². The molecule has 10 nitrogen and oxygen atoms in total. The first-order valence-corrected chi connectivity index (χ1v) is 9.89. The molecule has 1 fully saturated rings.